The lowest BCUT2D eigenvalue weighted by Crippen LogP contribution is -2.27. The average Bonchev–Trinajstić information content (AvgIpc) is 3.50. The summed E-state index contributed by atoms with van der Waals surface area (Å²) in [5.74, 6) is -0.747. The second-order valence-electron chi connectivity index (χ2n) is 8.19. The van der Waals surface area contributed by atoms with Crippen LogP contribution in [0.5, 0.6) is 0 Å². The predicted octanol–water partition coefficient (Wildman–Crippen LogP) is 5.50. The van der Waals surface area contributed by atoms with Gasteiger partial charge < -0.3 is 13.7 Å². The monoisotopic (exact) mass is 465 g/mol. The highest BCUT2D eigenvalue weighted by Crippen LogP contribution is 2.55. The van der Waals surface area contributed by atoms with Gasteiger partial charge in [-0.15, -0.1) is 11.8 Å². The van der Waals surface area contributed by atoms with Crippen LogP contribution in [0.25, 0.3) is 6.08 Å². The van der Waals surface area contributed by atoms with Gasteiger partial charge in [-0.2, -0.15) is 5.26 Å². The third kappa shape index (κ3) is 4.51. The molecule has 8 heteroatoms. The molecule has 4 rings (SSSR count). The zero-order valence-corrected chi connectivity index (χ0v) is 19.8. The topological polar surface area (TPSA) is 97.3 Å². The van der Waals surface area contributed by atoms with Crippen LogP contribution in [0.15, 0.2) is 44.9 Å². The minimum absolute atomic E-state index is 0.0231. The van der Waals surface area contributed by atoms with Crippen LogP contribution >= 0.6 is 11.8 Å². The Balaban J connectivity index is 1.67. The summed E-state index contributed by atoms with van der Waals surface area (Å²) in [5.41, 5.74) is 3.83. The standard InChI is InChI=1S/C25H27N3O4S/c1-4-31-25(30)22-19-8-5-6-9-20(19)33-24(22)28-15(2)12-17(16(28)3)13-18(14-26)23(29)27-21-10-7-11-32-21/h7,10-13,22,24H,4-6,8-9H2,1-3H3,(H,27,29)/b18-13+/t22-,24?/m0/s1. The summed E-state index contributed by atoms with van der Waals surface area (Å²) in [7, 11) is 0. The van der Waals surface area contributed by atoms with Gasteiger partial charge in [0.25, 0.3) is 5.91 Å². The van der Waals surface area contributed by atoms with Crippen molar-refractivity contribution in [2.24, 2.45) is 5.92 Å². The molecule has 0 bridgehead atoms. The lowest BCUT2D eigenvalue weighted by atomic mass is 9.89. The molecule has 2 aromatic rings. The molecule has 0 radical (unpaired) electrons. The second kappa shape index (κ2) is 9.75. The van der Waals surface area contributed by atoms with Crippen LogP contribution in [0, 0.1) is 31.1 Å². The summed E-state index contributed by atoms with van der Waals surface area (Å²) >= 11 is 1.75. The molecule has 1 aliphatic heterocycles. The van der Waals surface area contributed by atoms with E-state index in [0.717, 1.165) is 42.6 Å². The lowest BCUT2D eigenvalue weighted by Gasteiger charge is -2.25. The Morgan fingerprint density at radius 2 is 2.15 bits per heavy atom. The largest absolute Gasteiger partial charge is 0.465 e. The Kier molecular flexibility index (Phi) is 6.80. The number of aromatic nitrogens is 1. The van der Waals surface area contributed by atoms with Gasteiger partial charge in [0, 0.05) is 17.5 Å². The van der Waals surface area contributed by atoms with Gasteiger partial charge in [0.1, 0.15) is 22.9 Å². The number of hydrogen-bond acceptors (Lipinski definition) is 6. The number of nitriles is 1. The van der Waals surface area contributed by atoms with E-state index in [0.29, 0.717) is 6.61 Å². The number of furan rings is 1. The Hall–Kier alpha value is -3.18. The van der Waals surface area contributed by atoms with E-state index in [1.165, 1.54) is 16.7 Å². The lowest BCUT2D eigenvalue weighted by molar-refractivity contribution is -0.147. The van der Waals surface area contributed by atoms with E-state index in [9.17, 15) is 14.9 Å². The Morgan fingerprint density at radius 1 is 1.36 bits per heavy atom. The van der Waals surface area contributed by atoms with Crippen molar-refractivity contribution in [2.45, 2.75) is 51.8 Å². The van der Waals surface area contributed by atoms with Gasteiger partial charge in [-0.05, 0) is 80.7 Å². The van der Waals surface area contributed by atoms with E-state index in [2.05, 4.69) is 9.88 Å². The van der Waals surface area contributed by atoms with Crippen molar-refractivity contribution < 1.29 is 18.7 Å². The highest BCUT2D eigenvalue weighted by Gasteiger charge is 2.43. The molecule has 2 aliphatic rings. The summed E-state index contributed by atoms with van der Waals surface area (Å²) in [6.07, 6.45) is 7.21. The van der Waals surface area contributed by atoms with Gasteiger partial charge in [0.05, 0.1) is 12.9 Å². The van der Waals surface area contributed by atoms with E-state index in [1.807, 2.05) is 32.9 Å². The number of ether oxygens (including phenoxy) is 1. The molecule has 0 saturated carbocycles. The molecule has 0 spiro atoms. The molecular formula is C25H27N3O4S. The Bertz CT molecular complexity index is 1170. The number of hydrogen-bond donors (Lipinski definition) is 1. The molecule has 7 nitrogen and oxygen atoms in total. The maximum absolute atomic E-state index is 13.0. The number of allylic oxidation sites excluding steroid dienone is 1. The predicted molar refractivity (Wildman–Crippen MR) is 127 cm³/mol. The molecule has 0 fully saturated rings. The van der Waals surface area contributed by atoms with Gasteiger partial charge in [-0.3, -0.25) is 14.9 Å². The van der Waals surface area contributed by atoms with Crippen LogP contribution in [-0.4, -0.2) is 23.1 Å². The molecule has 172 valence electrons. The van der Waals surface area contributed by atoms with Crippen molar-refractivity contribution in [1.82, 2.24) is 4.57 Å². The Labute approximate surface area is 197 Å². The fourth-order valence-electron chi connectivity index (χ4n) is 4.62. The average molecular weight is 466 g/mol. The van der Waals surface area contributed by atoms with Crippen LogP contribution < -0.4 is 5.32 Å². The quantitative estimate of drug-likeness (QED) is 0.344. The van der Waals surface area contributed by atoms with Crippen LogP contribution in [0.2, 0.25) is 0 Å². The summed E-state index contributed by atoms with van der Waals surface area (Å²) in [6.45, 7) is 6.12. The highest BCUT2D eigenvalue weighted by molar-refractivity contribution is 8.03. The maximum Gasteiger partial charge on any atom is 0.316 e. The zero-order chi connectivity index (χ0) is 23.5. The minimum atomic E-state index is -0.533. The molecule has 3 heterocycles. The molecule has 0 aromatic carbocycles. The van der Waals surface area contributed by atoms with Crippen molar-refractivity contribution in [3.8, 4) is 6.07 Å². The molecule has 1 N–H and O–H groups in total. The van der Waals surface area contributed by atoms with E-state index >= 15 is 0 Å². The summed E-state index contributed by atoms with van der Waals surface area (Å²) < 4.78 is 12.7. The third-order valence-electron chi connectivity index (χ3n) is 6.12. The number of esters is 1. The van der Waals surface area contributed by atoms with Crippen LogP contribution in [0.4, 0.5) is 5.88 Å². The van der Waals surface area contributed by atoms with Crippen molar-refractivity contribution in [3.63, 3.8) is 0 Å². The molecule has 2 atom stereocenters. The first-order valence-electron chi connectivity index (χ1n) is 11.1. The van der Waals surface area contributed by atoms with Crippen molar-refractivity contribution in [3.05, 3.63) is 57.5 Å². The van der Waals surface area contributed by atoms with Crippen molar-refractivity contribution in [2.75, 3.05) is 11.9 Å². The van der Waals surface area contributed by atoms with Gasteiger partial charge in [-0.25, -0.2) is 0 Å². The maximum atomic E-state index is 13.0. The molecule has 1 amide bonds. The molecule has 2 aromatic heterocycles. The summed E-state index contributed by atoms with van der Waals surface area (Å²) in [4.78, 5) is 26.8. The number of carbonyl (C=O) groups excluding carboxylic acids is 2. The molecule has 33 heavy (non-hydrogen) atoms. The molecule has 0 saturated heterocycles. The number of carbonyl (C=O) groups is 2. The normalized spacial score (nSPS) is 20.4. The van der Waals surface area contributed by atoms with Gasteiger partial charge >= 0.3 is 5.97 Å². The van der Waals surface area contributed by atoms with Gasteiger partial charge in [0.2, 0.25) is 0 Å². The Morgan fingerprint density at radius 3 is 2.85 bits per heavy atom. The van der Waals surface area contributed by atoms with Crippen LogP contribution in [0.1, 0.15) is 54.9 Å². The number of amides is 1. The first-order valence-corrected chi connectivity index (χ1v) is 12.0. The fraction of sp³-hybridized carbons (Fsp3) is 0.400. The van der Waals surface area contributed by atoms with Crippen molar-refractivity contribution >= 4 is 35.6 Å². The summed E-state index contributed by atoms with van der Waals surface area (Å²) in [6, 6.07) is 7.20. The van der Waals surface area contributed by atoms with Crippen molar-refractivity contribution in [1.29, 1.82) is 5.26 Å². The van der Waals surface area contributed by atoms with Gasteiger partial charge in [0.15, 0.2) is 5.88 Å². The molecule has 1 aliphatic carbocycles. The van der Waals surface area contributed by atoms with E-state index in [1.54, 1.807) is 30.0 Å². The van der Waals surface area contributed by atoms with Gasteiger partial charge in [-0.1, -0.05) is 0 Å². The highest BCUT2D eigenvalue weighted by atomic mass is 32.2. The zero-order valence-electron chi connectivity index (χ0n) is 19.0. The molecule has 1 unspecified atom stereocenters. The third-order valence-corrected chi connectivity index (χ3v) is 7.60. The second-order valence-corrected chi connectivity index (χ2v) is 9.40. The van der Waals surface area contributed by atoms with Crippen LogP contribution in [-0.2, 0) is 14.3 Å². The van der Waals surface area contributed by atoms with E-state index in [4.69, 9.17) is 9.15 Å². The summed E-state index contributed by atoms with van der Waals surface area (Å²) in [5, 5.41) is 12.0. The fourth-order valence-corrected chi connectivity index (χ4v) is 6.39. The number of aryl methyl sites for hydroxylation is 1. The number of rotatable bonds is 6. The van der Waals surface area contributed by atoms with E-state index < -0.39 is 5.91 Å². The van der Waals surface area contributed by atoms with E-state index in [-0.39, 0.29) is 28.7 Å². The first-order chi connectivity index (χ1) is 15.9. The SMILES string of the molecule is CCOC(=O)[C@H]1C2=C(CCCC2)SC1n1c(C)cc(/C=C(\C#N)C(=O)Nc2ccco2)c1C. The number of thioether (sulfide) groups is 1. The first kappa shape index (κ1) is 23.0. The number of anilines is 1. The van der Waals surface area contributed by atoms with Crippen LogP contribution in [0.3, 0.4) is 0 Å². The minimum Gasteiger partial charge on any atom is -0.465 e. The molecular weight excluding hydrogens is 438 g/mol. The number of nitrogens with zero attached hydrogens (tertiary/aromatic N) is 2. The smallest absolute Gasteiger partial charge is 0.316 e. The number of nitrogens with one attached hydrogen (secondary N) is 1.